The minimum Gasteiger partial charge on any atom is -0.490 e. The molecule has 0 radical (unpaired) electrons. The van der Waals surface area contributed by atoms with Crippen LogP contribution in [-0.2, 0) is 4.79 Å². The number of fused-ring (bicyclic) bond motifs is 2. The minimum atomic E-state index is 0.333. The molecule has 3 aromatic rings. The first-order valence-corrected chi connectivity index (χ1v) is 10.9. The molecule has 4 rings (SSSR count). The standard InChI is InChI=1S/C24H29N3O4/c1-3-29-20-15-19-21(22(25-2)17-9-4-5-10-18(17)26-19)24(31-16-28)23(20)30-14-8-13-27-11-6-7-12-27/h4-5,9-10,15-16H,3,6-8,11-14H2,1-2H3,(H,25,26). The third-order valence-corrected chi connectivity index (χ3v) is 5.62. The van der Waals surface area contributed by atoms with E-state index in [0.29, 0.717) is 47.8 Å². The van der Waals surface area contributed by atoms with Crippen molar-refractivity contribution in [3.63, 3.8) is 0 Å². The fourth-order valence-electron chi connectivity index (χ4n) is 4.27. The van der Waals surface area contributed by atoms with Crippen molar-refractivity contribution in [1.82, 2.24) is 9.88 Å². The van der Waals surface area contributed by atoms with E-state index >= 15 is 0 Å². The minimum absolute atomic E-state index is 0.333. The molecule has 2 heterocycles. The zero-order chi connectivity index (χ0) is 21.6. The summed E-state index contributed by atoms with van der Waals surface area (Å²) in [5.41, 5.74) is 2.35. The van der Waals surface area contributed by atoms with E-state index in [0.717, 1.165) is 42.6 Å². The third kappa shape index (κ3) is 4.37. The molecule has 1 aromatic heterocycles. The molecular formula is C24H29N3O4. The lowest BCUT2D eigenvalue weighted by Crippen LogP contribution is -2.22. The normalized spacial score (nSPS) is 14.1. The van der Waals surface area contributed by atoms with Gasteiger partial charge in [-0.25, -0.2) is 4.98 Å². The molecule has 0 aliphatic carbocycles. The van der Waals surface area contributed by atoms with E-state index in [9.17, 15) is 4.79 Å². The molecule has 1 saturated heterocycles. The number of carbonyl (C=O) groups excluding carboxylic acids is 1. The van der Waals surface area contributed by atoms with Gasteiger partial charge >= 0.3 is 0 Å². The highest BCUT2D eigenvalue weighted by Gasteiger charge is 2.23. The molecule has 2 aromatic carbocycles. The Labute approximate surface area is 182 Å². The fourth-order valence-corrected chi connectivity index (χ4v) is 4.27. The number of hydrogen-bond acceptors (Lipinski definition) is 7. The van der Waals surface area contributed by atoms with E-state index in [1.54, 1.807) is 0 Å². The Hall–Kier alpha value is -3.06. The molecule has 31 heavy (non-hydrogen) atoms. The van der Waals surface area contributed by atoms with E-state index in [2.05, 4.69) is 10.2 Å². The zero-order valence-corrected chi connectivity index (χ0v) is 18.1. The first kappa shape index (κ1) is 21.2. The highest BCUT2D eigenvalue weighted by atomic mass is 16.6. The molecule has 1 N–H and O–H groups in total. The first-order valence-electron chi connectivity index (χ1n) is 10.9. The molecule has 0 bridgehead atoms. The first-order chi connectivity index (χ1) is 15.3. The van der Waals surface area contributed by atoms with Crippen LogP contribution < -0.4 is 19.5 Å². The predicted molar refractivity (Wildman–Crippen MR) is 122 cm³/mol. The molecule has 0 saturated carbocycles. The van der Waals surface area contributed by atoms with Gasteiger partial charge in [-0.3, -0.25) is 4.79 Å². The molecule has 0 amide bonds. The van der Waals surface area contributed by atoms with Gasteiger partial charge in [0.25, 0.3) is 6.47 Å². The lowest BCUT2D eigenvalue weighted by molar-refractivity contribution is -0.120. The SMILES string of the molecule is CCOc1cc2nc3ccccc3c(NC)c2c(OC=O)c1OCCCN1CCCC1. The Morgan fingerprint density at radius 3 is 2.68 bits per heavy atom. The highest BCUT2D eigenvalue weighted by molar-refractivity contribution is 6.11. The van der Waals surface area contributed by atoms with Gasteiger partial charge in [-0.05, 0) is 45.3 Å². The maximum absolute atomic E-state index is 11.4. The maximum Gasteiger partial charge on any atom is 0.298 e. The van der Waals surface area contributed by atoms with Crippen molar-refractivity contribution in [2.75, 3.05) is 45.2 Å². The number of benzene rings is 2. The number of anilines is 1. The summed E-state index contributed by atoms with van der Waals surface area (Å²) in [5, 5.41) is 4.90. The molecule has 164 valence electrons. The van der Waals surface area contributed by atoms with Gasteiger partial charge in [0.2, 0.25) is 5.75 Å². The quantitative estimate of drug-likeness (QED) is 0.297. The number of nitrogens with one attached hydrogen (secondary N) is 1. The second-order valence-electron chi connectivity index (χ2n) is 7.58. The predicted octanol–water partition coefficient (Wildman–Crippen LogP) is 4.23. The van der Waals surface area contributed by atoms with Crippen LogP contribution in [0, 0.1) is 0 Å². The van der Waals surface area contributed by atoms with Crippen molar-refractivity contribution in [2.45, 2.75) is 26.2 Å². The molecule has 7 nitrogen and oxygen atoms in total. The number of ether oxygens (including phenoxy) is 3. The van der Waals surface area contributed by atoms with Crippen LogP contribution in [0.5, 0.6) is 17.2 Å². The van der Waals surface area contributed by atoms with Crippen molar-refractivity contribution < 1.29 is 19.0 Å². The Morgan fingerprint density at radius 2 is 1.94 bits per heavy atom. The number of para-hydroxylation sites is 1. The smallest absolute Gasteiger partial charge is 0.298 e. The van der Waals surface area contributed by atoms with Crippen LogP contribution in [-0.4, -0.2) is 56.3 Å². The van der Waals surface area contributed by atoms with Crippen molar-refractivity contribution in [3.05, 3.63) is 30.3 Å². The van der Waals surface area contributed by atoms with Gasteiger partial charge < -0.3 is 24.4 Å². The van der Waals surface area contributed by atoms with Crippen molar-refractivity contribution in [3.8, 4) is 17.2 Å². The van der Waals surface area contributed by atoms with Gasteiger partial charge in [-0.2, -0.15) is 0 Å². The van der Waals surface area contributed by atoms with Crippen LogP contribution in [0.25, 0.3) is 21.8 Å². The number of rotatable bonds is 10. The average Bonchev–Trinajstić information content (AvgIpc) is 3.30. The summed E-state index contributed by atoms with van der Waals surface area (Å²) in [6.07, 6.45) is 3.43. The second-order valence-corrected chi connectivity index (χ2v) is 7.58. The molecule has 0 spiro atoms. The summed E-state index contributed by atoms with van der Waals surface area (Å²) >= 11 is 0. The monoisotopic (exact) mass is 423 g/mol. The molecule has 1 aliphatic rings. The number of aromatic nitrogens is 1. The number of carbonyl (C=O) groups is 1. The van der Waals surface area contributed by atoms with Crippen LogP contribution in [0.1, 0.15) is 26.2 Å². The lowest BCUT2D eigenvalue weighted by atomic mass is 10.1. The van der Waals surface area contributed by atoms with Crippen molar-refractivity contribution in [1.29, 1.82) is 0 Å². The highest BCUT2D eigenvalue weighted by Crippen LogP contribution is 2.47. The van der Waals surface area contributed by atoms with Gasteiger partial charge in [-0.15, -0.1) is 0 Å². The summed E-state index contributed by atoms with van der Waals surface area (Å²) in [6.45, 7) is 6.61. The van der Waals surface area contributed by atoms with Crippen molar-refractivity contribution in [2.24, 2.45) is 0 Å². The average molecular weight is 424 g/mol. The summed E-state index contributed by atoms with van der Waals surface area (Å²) < 4.78 is 17.5. The number of hydrogen-bond donors (Lipinski definition) is 1. The number of nitrogens with zero attached hydrogens (tertiary/aromatic N) is 2. The van der Waals surface area contributed by atoms with Crippen LogP contribution in [0.15, 0.2) is 30.3 Å². The molecule has 7 heteroatoms. The van der Waals surface area contributed by atoms with Crippen LogP contribution in [0.2, 0.25) is 0 Å². The van der Waals surface area contributed by atoms with E-state index in [1.807, 2.05) is 44.3 Å². The fraction of sp³-hybridized carbons (Fsp3) is 0.417. The Morgan fingerprint density at radius 1 is 1.13 bits per heavy atom. The zero-order valence-electron chi connectivity index (χ0n) is 18.1. The Kier molecular flexibility index (Phi) is 6.72. The van der Waals surface area contributed by atoms with Crippen molar-refractivity contribution >= 4 is 34.0 Å². The summed E-state index contributed by atoms with van der Waals surface area (Å²) in [6, 6.07) is 9.72. The molecule has 0 unspecified atom stereocenters. The topological polar surface area (TPSA) is 72.9 Å². The van der Waals surface area contributed by atoms with Crippen LogP contribution in [0.3, 0.4) is 0 Å². The van der Waals surface area contributed by atoms with E-state index in [1.165, 1.54) is 12.8 Å². The summed E-state index contributed by atoms with van der Waals surface area (Å²) in [7, 11) is 1.85. The van der Waals surface area contributed by atoms with Gasteiger partial charge in [0.1, 0.15) is 0 Å². The maximum atomic E-state index is 11.4. The summed E-state index contributed by atoms with van der Waals surface area (Å²) in [4.78, 5) is 18.7. The van der Waals surface area contributed by atoms with Crippen LogP contribution >= 0.6 is 0 Å². The molecular weight excluding hydrogens is 394 g/mol. The number of pyridine rings is 1. The second kappa shape index (κ2) is 9.83. The van der Waals surface area contributed by atoms with E-state index in [-0.39, 0.29) is 0 Å². The Balaban J connectivity index is 1.77. The van der Waals surface area contributed by atoms with Gasteiger partial charge in [0, 0.05) is 25.0 Å². The largest absolute Gasteiger partial charge is 0.490 e. The molecule has 0 atom stereocenters. The van der Waals surface area contributed by atoms with Gasteiger partial charge in [-0.1, -0.05) is 18.2 Å². The number of likely N-dealkylation sites (tertiary alicyclic amines) is 1. The third-order valence-electron chi connectivity index (χ3n) is 5.62. The summed E-state index contributed by atoms with van der Waals surface area (Å²) in [5.74, 6) is 1.30. The van der Waals surface area contributed by atoms with Crippen LogP contribution in [0.4, 0.5) is 5.69 Å². The van der Waals surface area contributed by atoms with E-state index in [4.69, 9.17) is 19.2 Å². The molecule has 1 fully saturated rings. The Bertz CT molecular complexity index is 1060. The lowest BCUT2D eigenvalue weighted by Gasteiger charge is -2.20. The van der Waals surface area contributed by atoms with Gasteiger partial charge in [0.05, 0.1) is 35.3 Å². The van der Waals surface area contributed by atoms with E-state index < -0.39 is 0 Å². The molecule has 1 aliphatic heterocycles. The van der Waals surface area contributed by atoms with Gasteiger partial charge in [0.15, 0.2) is 11.5 Å².